The summed E-state index contributed by atoms with van der Waals surface area (Å²) in [6.07, 6.45) is 2.05. The highest BCUT2D eigenvalue weighted by molar-refractivity contribution is 5.70. The fourth-order valence-electron chi connectivity index (χ4n) is 1.23. The first kappa shape index (κ1) is 14.7. The van der Waals surface area contributed by atoms with Crippen LogP contribution in [-0.4, -0.2) is 35.6 Å². The van der Waals surface area contributed by atoms with Crippen LogP contribution in [-0.2, 0) is 9.53 Å². The van der Waals surface area contributed by atoms with Crippen molar-refractivity contribution < 1.29 is 14.3 Å². The third-order valence-corrected chi connectivity index (χ3v) is 1.76. The van der Waals surface area contributed by atoms with Gasteiger partial charge in [0, 0.05) is 20.0 Å². The zero-order chi connectivity index (χ0) is 12.8. The molecule has 1 aliphatic heterocycles. The number of nitrogens with zero attached hydrogens (tertiary/aromatic N) is 1. The summed E-state index contributed by atoms with van der Waals surface area (Å²) in [6, 6.07) is 0. The van der Waals surface area contributed by atoms with Gasteiger partial charge >= 0.3 is 6.09 Å². The van der Waals surface area contributed by atoms with Crippen molar-refractivity contribution in [1.29, 1.82) is 0 Å². The number of primary amides is 1. The number of hydrogen-bond acceptors (Lipinski definition) is 3. The molecule has 0 unspecified atom stereocenters. The minimum atomic E-state index is -0.361. The smallest absolute Gasteiger partial charge is 0.410 e. The lowest BCUT2D eigenvalue weighted by Crippen LogP contribution is -2.34. The molecule has 0 aromatic carbocycles. The molecule has 2 amide bonds. The van der Waals surface area contributed by atoms with Crippen LogP contribution in [0.1, 0.15) is 40.5 Å². The average Bonchev–Trinajstić information content (AvgIpc) is 2.49. The number of likely N-dealkylation sites (tertiary alicyclic amines) is 1. The molecule has 0 atom stereocenters. The summed E-state index contributed by atoms with van der Waals surface area (Å²) in [7, 11) is 0. The second kappa shape index (κ2) is 6.35. The number of hydrogen-bond donors (Lipinski definition) is 1. The van der Waals surface area contributed by atoms with Crippen molar-refractivity contribution in [3.05, 3.63) is 0 Å². The van der Waals surface area contributed by atoms with Crippen LogP contribution in [0.15, 0.2) is 0 Å². The summed E-state index contributed by atoms with van der Waals surface area (Å²) in [5, 5.41) is 0. The molecule has 0 aromatic heterocycles. The molecule has 1 rings (SSSR count). The Hall–Kier alpha value is -1.26. The van der Waals surface area contributed by atoms with E-state index >= 15 is 0 Å². The van der Waals surface area contributed by atoms with Crippen LogP contribution < -0.4 is 5.73 Å². The minimum Gasteiger partial charge on any atom is -0.444 e. The SMILES string of the molecule is CC(C)(C)OC(=O)N1CCCC1.CC(N)=O. The Morgan fingerprint density at radius 3 is 1.88 bits per heavy atom. The largest absolute Gasteiger partial charge is 0.444 e. The van der Waals surface area contributed by atoms with Crippen LogP contribution in [0.4, 0.5) is 4.79 Å². The number of nitrogens with two attached hydrogens (primary N) is 1. The number of amides is 2. The number of ether oxygens (including phenoxy) is 1. The molecule has 5 nitrogen and oxygen atoms in total. The summed E-state index contributed by atoms with van der Waals surface area (Å²) in [5.41, 5.74) is 4.11. The molecule has 0 radical (unpaired) electrons. The molecule has 1 saturated heterocycles. The van der Waals surface area contributed by atoms with Crippen molar-refractivity contribution in [3.63, 3.8) is 0 Å². The first-order valence-corrected chi connectivity index (χ1v) is 5.46. The third kappa shape index (κ3) is 8.08. The molecule has 0 saturated carbocycles. The van der Waals surface area contributed by atoms with Gasteiger partial charge < -0.3 is 15.4 Å². The van der Waals surface area contributed by atoms with E-state index < -0.39 is 0 Å². The van der Waals surface area contributed by atoms with Gasteiger partial charge in [0.2, 0.25) is 5.91 Å². The quantitative estimate of drug-likeness (QED) is 0.685. The fourth-order valence-corrected chi connectivity index (χ4v) is 1.23. The van der Waals surface area contributed by atoms with E-state index in [1.807, 2.05) is 20.8 Å². The van der Waals surface area contributed by atoms with Crippen molar-refractivity contribution in [2.24, 2.45) is 5.73 Å². The van der Waals surface area contributed by atoms with Crippen LogP contribution in [0.5, 0.6) is 0 Å². The first-order valence-electron chi connectivity index (χ1n) is 5.46. The molecule has 0 aromatic rings. The zero-order valence-corrected chi connectivity index (χ0v) is 10.6. The summed E-state index contributed by atoms with van der Waals surface area (Å²) in [6.45, 7) is 8.69. The van der Waals surface area contributed by atoms with Crippen LogP contribution in [0, 0.1) is 0 Å². The second-order valence-electron chi connectivity index (χ2n) is 4.79. The predicted octanol–water partition coefficient (Wildman–Crippen LogP) is 1.51. The highest BCUT2D eigenvalue weighted by Crippen LogP contribution is 2.14. The van der Waals surface area contributed by atoms with E-state index in [2.05, 4.69) is 5.73 Å². The monoisotopic (exact) mass is 230 g/mol. The van der Waals surface area contributed by atoms with Crippen molar-refractivity contribution in [2.45, 2.75) is 46.1 Å². The number of carbonyl (C=O) groups is 2. The molecule has 1 fully saturated rings. The minimum absolute atomic E-state index is 0.167. The van der Waals surface area contributed by atoms with Crippen molar-refractivity contribution >= 4 is 12.0 Å². The van der Waals surface area contributed by atoms with E-state index in [0.717, 1.165) is 25.9 Å². The Labute approximate surface area is 96.9 Å². The van der Waals surface area contributed by atoms with E-state index in [-0.39, 0.29) is 17.6 Å². The van der Waals surface area contributed by atoms with Gasteiger partial charge in [-0.15, -0.1) is 0 Å². The van der Waals surface area contributed by atoms with Gasteiger partial charge in [-0.1, -0.05) is 0 Å². The van der Waals surface area contributed by atoms with Gasteiger partial charge in [-0.3, -0.25) is 4.79 Å². The lowest BCUT2D eigenvalue weighted by molar-refractivity contribution is -0.115. The zero-order valence-electron chi connectivity index (χ0n) is 10.6. The van der Waals surface area contributed by atoms with Crippen molar-refractivity contribution in [2.75, 3.05) is 13.1 Å². The molecule has 94 valence electrons. The lowest BCUT2D eigenvalue weighted by atomic mass is 10.2. The van der Waals surface area contributed by atoms with Gasteiger partial charge in [-0.25, -0.2) is 4.79 Å². The molecule has 16 heavy (non-hydrogen) atoms. The van der Waals surface area contributed by atoms with Crippen LogP contribution in [0.2, 0.25) is 0 Å². The van der Waals surface area contributed by atoms with E-state index in [1.165, 1.54) is 6.92 Å². The second-order valence-corrected chi connectivity index (χ2v) is 4.79. The summed E-state index contributed by atoms with van der Waals surface area (Å²) < 4.78 is 5.21. The van der Waals surface area contributed by atoms with Gasteiger partial charge in [0.05, 0.1) is 0 Å². The molecule has 2 N–H and O–H groups in total. The lowest BCUT2D eigenvalue weighted by Gasteiger charge is -2.23. The topological polar surface area (TPSA) is 72.6 Å². The van der Waals surface area contributed by atoms with Crippen molar-refractivity contribution in [1.82, 2.24) is 4.90 Å². The van der Waals surface area contributed by atoms with E-state index in [9.17, 15) is 9.59 Å². The number of carbonyl (C=O) groups excluding carboxylic acids is 2. The summed E-state index contributed by atoms with van der Waals surface area (Å²) in [4.78, 5) is 22.4. The van der Waals surface area contributed by atoms with Crippen LogP contribution in [0.25, 0.3) is 0 Å². The number of rotatable bonds is 0. The van der Waals surface area contributed by atoms with Gasteiger partial charge in [0.25, 0.3) is 0 Å². The summed E-state index contributed by atoms with van der Waals surface area (Å²) >= 11 is 0. The molecule has 5 heteroatoms. The molecule has 1 heterocycles. The molecule has 0 bridgehead atoms. The van der Waals surface area contributed by atoms with Crippen molar-refractivity contribution in [3.8, 4) is 0 Å². The van der Waals surface area contributed by atoms with Gasteiger partial charge in [0.15, 0.2) is 0 Å². The summed E-state index contributed by atoms with van der Waals surface area (Å²) in [5.74, 6) is -0.333. The molecule has 0 spiro atoms. The highest BCUT2D eigenvalue weighted by Gasteiger charge is 2.23. The van der Waals surface area contributed by atoms with E-state index in [0.29, 0.717) is 0 Å². The highest BCUT2D eigenvalue weighted by atomic mass is 16.6. The Balaban J connectivity index is 0.000000487. The van der Waals surface area contributed by atoms with E-state index in [4.69, 9.17) is 4.74 Å². The molecule has 0 aliphatic carbocycles. The van der Waals surface area contributed by atoms with Crippen LogP contribution in [0.3, 0.4) is 0 Å². The van der Waals surface area contributed by atoms with Crippen LogP contribution >= 0.6 is 0 Å². The van der Waals surface area contributed by atoms with E-state index in [1.54, 1.807) is 4.90 Å². The molecular weight excluding hydrogens is 208 g/mol. The van der Waals surface area contributed by atoms with Gasteiger partial charge in [-0.2, -0.15) is 0 Å². The Kier molecular flexibility index (Phi) is 5.85. The normalized spacial score (nSPS) is 15.1. The average molecular weight is 230 g/mol. The Morgan fingerprint density at radius 1 is 1.19 bits per heavy atom. The molecule has 1 aliphatic rings. The Bertz CT molecular complexity index is 236. The third-order valence-electron chi connectivity index (χ3n) is 1.76. The van der Waals surface area contributed by atoms with Gasteiger partial charge in [-0.05, 0) is 33.6 Å². The standard InChI is InChI=1S/C9H17NO2.C2H5NO/c1-9(2,3)12-8(11)10-6-4-5-7-10;1-2(3)4/h4-7H2,1-3H3;1H3,(H2,3,4). The predicted molar refractivity (Wildman–Crippen MR) is 61.9 cm³/mol. The first-order chi connectivity index (χ1) is 7.22. The maximum atomic E-state index is 11.4. The van der Waals surface area contributed by atoms with Gasteiger partial charge in [0.1, 0.15) is 5.60 Å². The maximum Gasteiger partial charge on any atom is 0.410 e. The molecular formula is C11H22N2O3. The fraction of sp³-hybridized carbons (Fsp3) is 0.818. The Morgan fingerprint density at radius 2 is 1.56 bits per heavy atom. The maximum absolute atomic E-state index is 11.4.